The highest BCUT2D eigenvalue weighted by Gasteiger charge is 2.24. The molecule has 1 N–H and O–H groups in total. The van der Waals surface area contributed by atoms with Crippen LogP contribution in [-0.4, -0.2) is 20.9 Å². The fourth-order valence-electron chi connectivity index (χ4n) is 0.968. The molecule has 1 atom stereocenters. The molecule has 0 aromatic carbocycles. The Morgan fingerprint density at radius 2 is 2.29 bits per heavy atom. The Kier molecular flexibility index (Phi) is 3.40. The summed E-state index contributed by atoms with van der Waals surface area (Å²) in [6, 6.07) is -1.08. The molecule has 0 spiro atoms. The molecule has 0 aliphatic carbocycles. The van der Waals surface area contributed by atoms with Crippen molar-refractivity contribution in [1.82, 2.24) is 9.78 Å². The highest BCUT2D eigenvalue weighted by atomic mass is 127. The van der Waals surface area contributed by atoms with Crippen LogP contribution >= 0.6 is 22.6 Å². The summed E-state index contributed by atoms with van der Waals surface area (Å²) in [4.78, 5) is 10.6. The van der Waals surface area contributed by atoms with E-state index in [0.29, 0.717) is 0 Å². The summed E-state index contributed by atoms with van der Waals surface area (Å²) in [7, 11) is 0. The fraction of sp³-hybridized carbons (Fsp3) is 0.429. The van der Waals surface area contributed by atoms with Crippen LogP contribution in [0.5, 0.6) is 0 Å². The van der Waals surface area contributed by atoms with E-state index in [0.717, 1.165) is 4.68 Å². The first kappa shape index (κ1) is 11.3. The van der Waals surface area contributed by atoms with Gasteiger partial charge < -0.3 is 5.11 Å². The van der Waals surface area contributed by atoms with Crippen molar-refractivity contribution >= 4 is 28.6 Å². The van der Waals surface area contributed by atoms with Crippen molar-refractivity contribution in [2.45, 2.75) is 19.4 Å². The highest BCUT2D eigenvalue weighted by Crippen LogP contribution is 2.26. The van der Waals surface area contributed by atoms with Gasteiger partial charge in [0.25, 0.3) is 6.43 Å². The van der Waals surface area contributed by atoms with Crippen molar-refractivity contribution in [2.24, 2.45) is 0 Å². The van der Waals surface area contributed by atoms with Crippen molar-refractivity contribution in [3.05, 3.63) is 15.5 Å². The number of hydrogen-bond donors (Lipinski definition) is 1. The Morgan fingerprint density at radius 3 is 2.71 bits per heavy atom. The molecule has 14 heavy (non-hydrogen) atoms. The van der Waals surface area contributed by atoms with Gasteiger partial charge in [-0.2, -0.15) is 5.10 Å². The summed E-state index contributed by atoms with van der Waals surface area (Å²) in [5.41, 5.74) is -0.347. The number of alkyl halides is 2. The molecule has 0 aliphatic heterocycles. The minimum atomic E-state index is -2.72. The van der Waals surface area contributed by atoms with Crippen molar-refractivity contribution in [1.29, 1.82) is 0 Å². The van der Waals surface area contributed by atoms with Crippen LogP contribution in [0.25, 0.3) is 0 Å². The Labute approximate surface area is 92.0 Å². The molecule has 1 rings (SSSR count). The molecular formula is C7H7F2IN2O2. The number of nitrogens with zero attached hydrogens (tertiary/aromatic N) is 2. The van der Waals surface area contributed by atoms with Gasteiger partial charge in [0, 0.05) is 0 Å². The van der Waals surface area contributed by atoms with E-state index in [2.05, 4.69) is 5.10 Å². The van der Waals surface area contributed by atoms with Gasteiger partial charge in [-0.3, -0.25) is 0 Å². The Hall–Kier alpha value is -0.730. The minimum absolute atomic E-state index is 0.269. The average Bonchev–Trinajstić information content (AvgIpc) is 2.45. The number of carboxylic acid groups (broad SMARTS) is 1. The van der Waals surface area contributed by atoms with Crippen LogP contribution in [0.2, 0.25) is 0 Å². The largest absolute Gasteiger partial charge is 0.480 e. The third-order valence-corrected chi connectivity index (χ3v) is 2.55. The Morgan fingerprint density at radius 1 is 1.71 bits per heavy atom. The number of carboxylic acids is 1. The molecule has 0 amide bonds. The molecule has 1 aromatic rings. The summed E-state index contributed by atoms with van der Waals surface area (Å²) in [5.74, 6) is -1.19. The second kappa shape index (κ2) is 4.20. The molecule has 0 bridgehead atoms. The van der Waals surface area contributed by atoms with Crippen molar-refractivity contribution in [3.8, 4) is 0 Å². The second-order valence-corrected chi connectivity index (χ2v) is 3.80. The van der Waals surface area contributed by atoms with E-state index in [9.17, 15) is 13.6 Å². The summed E-state index contributed by atoms with van der Waals surface area (Å²) in [6.07, 6.45) is -1.49. The van der Waals surface area contributed by atoms with Crippen LogP contribution in [0.15, 0.2) is 6.20 Å². The van der Waals surface area contributed by atoms with Gasteiger partial charge in [0.05, 0.1) is 9.77 Å². The van der Waals surface area contributed by atoms with Crippen molar-refractivity contribution < 1.29 is 18.7 Å². The van der Waals surface area contributed by atoms with Crippen LogP contribution in [0.4, 0.5) is 8.78 Å². The quantitative estimate of drug-likeness (QED) is 0.869. The molecule has 0 saturated carbocycles. The summed E-state index contributed by atoms with van der Waals surface area (Å²) >= 11 is 1.70. The molecule has 4 nitrogen and oxygen atoms in total. The zero-order valence-corrected chi connectivity index (χ0v) is 9.27. The lowest BCUT2D eigenvalue weighted by atomic mass is 10.3. The SMILES string of the molecule is CC(C(=O)O)n1ncc(I)c1C(F)F. The molecule has 1 aromatic heterocycles. The van der Waals surface area contributed by atoms with Crippen LogP contribution in [0.3, 0.4) is 0 Å². The molecule has 78 valence electrons. The molecule has 0 radical (unpaired) electrons. The molecular weight excluding hydrogens is 309 g/mol. The van der Waals surface area contributed by atoms with Gasteiger partial charge in [-0.15, -0.1) is 0 Å². The fourth-order valence-corrected chi connectivity index (χ4v) is 1.58. The topological polar surface area (TPSA) is 55.1 Å². The van der Waals surface area contributed by atoms with E-state index in [1.165, 1.54) is 13.1 Å². The first-order valence-electron chi connectivity index (χ1n) is 3.69. The standard InChI is InChI=1S/C7H7F2IN2O2/c1-3(7(13)14)12-5(6(8)9)4(10)2-11-12/h2-3,6H,1H3,(H,13,14). The van der Waals surface area contributed by atoms with Crippen LogP contribution in [0.1, 0.15) is 25.1 Å². The maximum Gasteiger partial charge on any atom is 0.328 e. The van der Waals surface area contributed by atoms with E-state index >= 15 is 0 Å². The Balaban J connectivity index is 3.15. The number of rotatable bonds is 3. The summed E-state index contributed by atoms with van der Waals surface area (Å²) < 4.78 is 26.1. The first-order valence-corrected chi connectivity index (χ1v) is 4.77. The normalized spacial score (nSPS) is 13.2. The number of aromatic nitrogens is 2. The number of hydrogen-bond acceptors (Lipinski definition) is 2. The Bertz CT molecular complexity index is 353. The molecule has 0 saturated heterocycles. The number of aliphatic carboxylic acids is 1. The molecule has 0 fully saturated rings. The van der Waals surface area contributed by atoms with E-state index < -0.39 is 18.4 Å². The van der Waals surface area contributed by atoms with E-state index in [4.69, 9.17) is 5.11 Å². The minimum Gasteiger partial charge on any atom is -0.480 e. The second-order valence-electron chi connectivity index (χ2n) is 2.64. The highest BCUT2D eigenvalue weighted by molar-refractivity contribution is 14.1. The van der Waals surface area contributed by atoms with Crippen molar-refractivity contribution in [2.75, 3.05) is 0 Å². The van der Waals surface area contributed by atoms with E-state index in [1.807, 2.05) is 0 Å². The smallest absolute Gasteiger partial charge is 0.328 e. The lowest BCUT2D eigenvalue weighted by Gasteiger charge is -2.10. The zero-order chi connectivity index (χ0) is 10.9. The number of halogens is 3. The van der Waals surface area contributed by atoms with Crippen LogP contribution in [-0.2, 0) is 4.79 Å². The van der Waals surface area contributed by atoms with Crippen LogP contribution < -0.4 is 0 Å². The third kappa shape index (κ3) is 2.02. The lowest BCUT2D eigenvalue weighted by molar-refractivity contribution is -0.140. The van der Waals surface area contributed by atoms with E-state index in [-0.39, 0.29) is 9.26 Å². The van der Waals surface area contributed by atoms with Crippen LogP contribution in [0, 0.1) is 3.57 Å². The van der Waals surface area contributed by atoms with Gasteiger partial charge in [0.15, 0.2) is 0 Å². The lowest BCUT2D eigenvalue weighted by Crippen LogP contribution is -2.19. The predicted molar refractivity (Wildman–Crippen MR) is 52.2 cm³/mol. The van der Waals surface area contributed by atoms with E-state index in [1.54, 1.807) is 22.6 Å². The van der Waals surface area contributed by atoms with Gasteiger partial charge in [-0.25, -0.2) is 18.3 Å². The van der Waals surface area contributed by atoms with Gasteiger partial charge in [-0.05, 0) is 29.5 Å². The molecule has 7 heteroatoms. The average molecular weight is 316 g/mol. The third-order valence-electron chi connectivity index (χ3n) is 1.72. The monoisotopic (exact) mass is 316 g/mol. The van der Waals surface area contributed by atoms with Gasteiger partial charge in [-0.1, -0.05) is 0 Å². The summed E-state index contributed by atoms with van der Waals surface area (Å²) in [5, 5.41) is 12.2. The van der Waals surface area contributed by atoms with Gasteiger partial charge in [0.2, 0.25) is 0 Å². The predicted octanol–water partition coefficient (Wildman–Crippen LogP) is 2.07. The number of carbonyl (C=O) groups is 1. The molecule has 1 unspecified atom stereocenters. The maximum atomic E-state index is 12.5. The summed E-state index contributed by atoms with van der Waals surface area (Å²) in [6.45, 7) is 1.30. The molecule has 1 heterocycles. The first-order chi connectivity index (χ1) is 6.45. The van der Waals surface area contributed by atoms with Gasteiger partial charge in [0.1, 0.15) is 11.7 Å². The van der Waals surface area contributed by atoms with Gasteiger partial charge >= 0.3 is 5.97 Å². The van der Waals surface area contributed by atoms with Crippen molar-refractivity contribution in [3.63, 3.8) is 0 Å². The zero-order valence-electron chi connectivity index (χ0n) is 7.12. The maximum absolute atomic E-state index is 12.5. The molecule has 0 aliphatic rings.